The minimum atomic E-state index is 0.118. The molecule has 0 bridgehead atoms. The highest BCUT2D eigenvalue weighted by Crippen LogP contribution is 2.15. The standard InChI is InChI=1S/C13H22N2O2/c1-12(2)13(15-11-17)8-6-4-3-5-7-9-14-10-16/h12-13H,3-9H2,1-2H3. The monoisotopic (exact) mass is 238 g/mol. The summed E-state index contributed by atoms with van der Waals surface area (Å²) < 4.78 is 0. The molecule has 0 radical (unpaired) electrons. The van der Waals surface area contributed by atoms with Gasteiger partial charge in [-0.15, -0.1) is 0 Å². The summed E-state index contributed by atoms with van der Waals surface area (Å²) in [5, 5.41) is 0. The van der Waals surface area contributed by atoms with Gasteiger partial charge >= 0.3 is 0 Å². The highest BCUT2D eigenvalue weighted by molar-refractivity contribution is 5.33. The Bertz CT molecular complexity index is 277. The van der Waals surface area contributed by atoms with Crippen molar-refractivity contribution in [1.29, 1.82) is 0 Å². The number of carbonyl (C=O) groups excluding carboxylic acids is 2. The predicted octanol–water partition coefficient (Wildman–Crippen LogP) is 3.02. The molecule has 0 aromatic heterocycles. The van der Waals surface area contributed by atoms with Gasteiger partial charge in [-0.25, -0.2) is 19.6 Å². The zero-order valence-electron chi connectivity index (χ0n) is 10.8. The Morgan fingerprint density at radius 3 is 2.18 bits per heavy atom. The molecule has 0 aliphatic carbocycles. The number of isocyanates is 2. The van der Waals surface area contributed by atoms with Crippen LogP contribution in [0.15, 0.2) is 9.98 Å². The second-order valence-corrected chi connectivity index (χ2v) is 4.56. The third-order valence-electron chi connectivity index (χ3n) is 2.82. The Kier molecular flexibility index (Phi) is 10.4. The minimum Gasteiger partial charge on any atom is -0.211 e. The molecule has 0 saturated heterocycles. The summed E-state index contributed by atoms with van der Waals surface area (Å²) in [5.41, 5.74) is 0. The average Bonchev–Trinajstić information content (AvgIpc) is 2.31. The zero-order valence-corrected chi connectivity index (χ0v) is 10.8. The van der Waals surface area contributed by atoms with Crippen molar-refractivity contribution in [3.05, 3.63) is 0 Å². The summed E-state index contributed by atoms with van der Waals surface area (Å²) in [7, 11) is 0. The predicted molar refractivity (Wildman–Crippen MR) is 67.4 cm³/mol. The van der Waals surface area contributed by atoms with E-state index in [1.807, 2.05) is 0 Å². The van der Waals surface area contributed by atoms with Crippen molar-refractivity contribution in [3.63, 3.8) is 0 Å². The molecule has 1 atom stereocenters. The van der Waals surface area contributed by atoms with E-state index in [1.54, 1.807) is 6.08 Å². The molecule has 96 valence electrons. The molecule has 17 heavy (non-hydrogen) atoms. The molecule has 0 aliphatic heterocycles. The number of hydrogen-bond donors (Lipinski definition) is 0. The van der Waals surface area contributed by atoms with Crippen LogP contribution >= 0.6 is 0 Å². The molecule has 0 spiro atoms. The van der Waals surface area contributed by atoms with Crippen LogP contribution in [0.25, 0.3) is 0 Å². The summed E-state index contributed by atoms with van der Waals surface area (Å²) in [6.45, 7) is 4.74. The van der Waals surface area contributed by atoms with Crippen molar-refractivity contribution in [1.82, 2.24) is 0 Å². The molecule has 0 N–H and O–H groups in total. The first-order valence-electron chi connectivity index (χ1n) is 6.33. The first-order valence-corrected chi connectivity index (χ1v) is 6.33. The highest BCUT2D eigenvalue weighted by Gasteiger charge is 2.10. The third kappa shape index (κ3) is 9.68. The van der Waals surface area contributed by atoms with Crippen molar-refractivity contribution in [2.75, 3.05) is 6.54 Å². The maximum Gasteiger partial charge on any atom is 0.235 e. The number of rotatable bonds is 10. The van der Waals surface area contributed by atoms with E-state index in [0.29, 0.717) is 12.5 Å². The van der Waals surface area contributed by atoms with Crippen LogP contribution in [0, 0.1) is 5.92 Å². The van der Waals surface area contributed by atoms with Gasteiger partial charge in [0.05, 0.1) is 12.6 Å². The maximum atomic E-state index is 10.2. The van der Waals surface area contributed by atoms with Gasteiger partial charge in [0.2, 0.25) is 12.2 Å². The smallest absolute Gasteiger partial charge is 0.211 e. The van der Waals surface area contributed by atoms with Crippen LogP contribution in [-0.2, 0) is 9.59 Å². The van der Waals surface area contributed by atoms with E-state index in [2.05, 4.69) is 23.8 Å². The lowest BCUT2D eigenvalue weighted by Gasteiger charge is -2.13. The van der Waals surface area contributed by atoms with E-state index in [4.69, 9.17) is 0 Å². The van der Waals surface area contributed by atoms with E-state index < -0.39 is 0 Å². The lowest BCUT2D eigenvalue weighted by atomic mass is 9.98. The minimum absolute atomic E-state index is 0.118. The van der Waals surface area contributed by atoms with Gasteiger partial charge in [-0.1, -0.05) is 39.5 Å². The van der Waals surface area contributed by atoms with Crippen molar-refractivity contribution >= 4 is 12.2 Å². The van der Waals surface area contributed by atoms with Crippen LogP contribution in [0.3, 0.4) is 0 Å². The fraction of sp³-hybridized carbons (Fsp3) is 0.846. The summed E-state index contributed by atoms with van der Waals surface area (Å²) in [5.74, 6) is 0.401. The van der Waals surface area contributed by atoms with Crippen molar-refractivity contribution in [3.8, 4) is 0 Å². The second kappa shape index (κ2) is 11.3. The lowest BCUT2D eigenvalue weighted by Crippen LogP contribution is -2.12. The molecular formula is C13H22N2O2. The van der Waals surface area contributed by atoms with E-state index in [1.165, 1.54) is 6.08 Å². The van der Waals surface area contributed by atoms with Crippen LogP contribution < -0.4 is 0 Å². The van der Waals surface area contributed by atoms with Gasteiger partial charge in [0.1, 0.15) is 0 Å². The molecule has 0 amide bonds. The topological polar surface area (TPSA) is 58.9 Å². The van der Waals surface area contributed by atoms with Crippen molar-refractivity contribution < 1.29 is 9.59 Å². The summed E-state index contributed by atoms with van der Waals surface area (Å²) in [4.78, 5) is 27.3. The number of unbranched alkanes of at least 4 members (excludes halogenated alkanes) is 4. The first-order chi connectivity index (χ1) is 8.22. The van der Waals surface area contributed by atoms with Gasteiger partial charge in [0.25, 0.3) is 0 Å². The molecule has 0 rings (SSSR count). The fourth-order valence-electron chi connectivity index (χ4n) is 1.73. The molecule has 0 heterocycles. The Balaban J connectivity index is 3.48. The second-order valence-electron chi connectivity index (χ2n) is 4.56. The normalized spacial score (nSPS) is 11.7. The maximum absolute atomic E-state index is 10.2. The van der Waals surface area contributed by atoms with Crippen LogP contribution in [0.4, 0.5) is 0 Å². The molecular weight excluding hydrogens is 216 g/mol. The molecule has 0 fully saturated rings. The molecule has 0 saturated carbocycles. The van der Waals surface area contributed by atoms with Crippen LogP contribution in [0.2, 0.25) is 0 Å². The van der Waals surface area contributed by atoms with Gasteiger partial charge in [-0.2, -0.15) is 0 Å². The zero-order chi connectivity index (χ0) is 12.9. The summed E-state index contributed by atoms with van der Waals surface area (Å²) in [6, 6.07) is 0.118. The Morgan fingerprint density at radius 2 is 1.59 bits per heavy atom. The van der Waals surface area contributed by atoms with Gasteiger partial charge in [-0.3, -0.25) is 0 Å². The third-order valence-corrected chi connectivity index (χ3v) is 2.82. The van der Waals surface area contributed by atoms with E-state index in [0.717, 1.165) is 38.5 Å². The molecule has 4 nitrogen and oxygen atoms in total. The lowest BCUT2D eigenvalue weighted by molar-refractivity contribution is 0.437. The Labute approximate surface area is 103 Å². The van der Waals surface area contributed by atoms with Gasteiger partial charge in [0.15, 0.2) is 0 Å². The SMILES string of the molecule is CC(C)C(CCCCCCCN=C=O)N=C=O. The highest BCUT2D eigenvalue weighted by atomic mass is 16.1. The fourth-order valence-corrected chi connectivity index (χ4v) is 1.73. The summed E-state index contributed by atoms with van der Waals surface area (Å²) >= 11 is 0. The molecule has 0 aromatic rings. The van der Waals surface area contributed by atoms with Gasteiger partial charge in [-0.05, 0) is 18.8 Å². The van der Waals surface area contributed by atoms with E-state index in [9.17, 15) is 9.59 Å². The van der Waals surface area contributed by atoms with Crippen molar-refractivity contribution in [2.45, 2.75) is 58.4 Å². The summed E-state index contributed by atoms with van der Waals surface area (Å²) in [6.07, 6.45) is 9.56. The number of nitrogens with zero attached hydrogens (tertiary/aromatic N) is 2. The van der Waals surface area contributed by atoms with Crippen LogP contribution in [-0.4, -0.2) is 24.7 Å². The molecule has 0 aromatic carbocycles. The number of hydrogen-bond acceptors (Lipinski definition) is 4. The van der Waals surface area contributed by atoms with Crippen LogP contribution in [0.1, 0.15) is 52.4 Å². The van der Waals surface area contributed by atoms with E-state index in [-0.39, 0.29) is 6.04 Å². The molecule has 4 heteroatoms. The van der Waals surface area contributed by atoms with Crippen molar-refractivity contribution in [2.24, 2.45) is 15.9 Å². The quantitative estimate of drug-likeness (QED) is 0.333. The Hall–Kier alpha value is -1.24. The average molecular weight is 238 g/mol. The largest absolute Gasteiger partial charge is 0.235 e. The van der Waals surface area contributed by atoms with Gasteiger partial charge < -0.3 is 0 Å². The number of aliphatic imine (C=N–C) groups is 2. The Morgan fingerprint density at radius 1 is 0.941 bits per heavy atom. The van der Waals surface area contributed by atoms with Crippen LogP contribution in [0.5, 0.6) is 0 Å². The molecule has 1 unspecified atom stereocenters. The molecule has 0 aliphatic rings. The van der Waals surface area contributed by atoms with Gasteiger partial charge in [0, 0.05) is 0 Å². The first kappa shape index (κ1) is 15.8. The van der Waals surface area contributed by atoms with E-state index >= 15 is 0 Å².